The topological polar surface area (TPSA) is 257 Å². The van der Waals surface area contributed by atoms with Crippen LogP contribution in [-0.4, -0.2) is 82.2 Å². The van der Waals surface area contributed by atoms with Crippen LogP contribution in [0.1, 0.15) is 44.9 Å². The quantitative estimate of drug-likeness (QED) is 0.0674. The average molecular weight is 507 g/mol. The number of carboxylic acids is 2. The predicted octanol–water partition coefficient (Wildman–Crippen LogP) is -2.96. The van der Waals surface area contributed by atoms with E-state index in [1.54, 1.807) is 0 Å². The fraction of sp³-hybridized carbons (Fsp3) is 0.684. The normalized spacial score (nSPS) is 14.2. The second-order valence-electron chi connectivity index (χ2n) is 7.53. The number of carboxylic acid groups (broad SMARTS) is 2. The largest absolute Gasteiger partial charge is 0.481 e. The van der Waals surface area contributed by atoms with Crippen LogP contribution < -0.4 is 33.2 Å². The second-order valence-corrected chi connectivity index (χ2v) is 7.90. The van der Waals surface area contributed by atoms with Crippen LogP contribution in [0.25, 0.3) is 0 Å². The lowest BCUT2D eigenvalue weighted by molar-refractivity contribution is -0.142. The highest BCUT2D eigenvalue weighted by atomic mass is 32.1. The number of nitrogens with two attached hydrogens (primary N) is 3. The molecule has 0 bridgehead atoms. The van der Waals surface area contributed by atoms with E-state index in [0.29, 0.717) is 19.4 Å². The van der Waals surface area contributed by atoms with E-state index in [1.165, 1.54) is 0 Å². The lowest BCUT2D eigenvalue weighted by Crippen LogP contribution is -2.57. The molecule has 0 aromatic rings. The van der Waals surface area contributed by atoms with Gasteiger partial charge in [-0.3, -0.25) is 24.0 Å². The maximum Gasteiger partial charge on any atom is 0.326 e. The third kappa shape index (κ3) is 13.0. The van der Waals surface area contributed by atoms with Crippen molar-refractivity contribution < 1.29 is 39.0 Å². The van der Waals surface area contributed by atoms with E-state index in [2.05, 4.69) is 28.6 Å². The summed E-state index contributed by atoms with van der Waals surface area (Å²) in [6.07, 6.45) is 0.118. The van der Waals surface area contributed by atoms with E-state index in [0.717, 1.165) is 0 Å². The molecule has 0 spiro atoms. The zero-order valence-electron chi connectivity index (χ0n) is 18.7. The lowest BCUT2D eigenvalue weighted by atomic mass is 10.1. The molecule has 14 nitrogen and oxygen atoms in total. The molecular formula is C19H34N6O8S. The van der Waals surface area contributed by atoms with Crippen LogP contribution in [0.3, 0.4) is 0 Å². The zero-order chi connectivity index (χ0) is 26.3. The summed E-state index contributed by atoms with van der Waals surface area (Å²) in [5, 5.41) is 25.2. The first-order chi connectivity index (χ1) is 15.9. The van der Waals surface area contributed by atoms with Crippen molar-refractivity contribution in [1.82, 2.24) is 16.0 Å². The molecule has 11 N–H and O–H groups in total. The Morgan fingerprint density at radius 1 is 0.765 bits per heavy atom. The van der Waals surface area contributed by atoms with Gasteiger partial charge in [-0.05, 0) is 38.6 Å². The van der Waals surface area contributed by atoms with Gasteiger partial charge in [-0.1, -0.05) is 0 Å². The standard InChI is InChI=1S/C19H34N6O8S/c20-8-2-1-3-12(19(32)33)24-18(31)13(9-34)25-17(30)11(5-7-15(27)28)23-16(29)10(21)4-6-14(22)26/h10-13,34H,1-9,20-21H2,(H2,22,26)(H,23,29)(H,24,31)(H,25,30)(H,27,28)(H,32,33). The molecule has 194 valence electrons. The van der Waals surface area contributed by atoms with Crippen molar-refractivity contribution in [3.63, 3.8) is 0 Å². The van der Waals surface area contributed by atoms with E-state index in [1.807, 2.05) is 0 Å². The van der Waals surface area contributed by atoms with Gasteiger partial charge in [-0.15, -0.1) is 0 Å². The summed E-state index contributed by atoms with van der Waals surface area (Å²) in [6.45, 7) is 0.366. The van der Waals surface area contributed by atoms with Gasteiger partial charge in [0.25, 0.3) is 0 Å². The molecular weight excluding hydrogens is 472 g/mol. The van der Waals surface area contributed by atoms with Gasteiger partial charge in [0.2, 0.25) is 23.6 Å². The molecule has 0 saturated carbocycles. The van der Waals surface area contributed by atoms with E-state index < -0.39 is 66.2 Å². The first-order valence-corrected chi connectivity index (χ1v) is 11.3. The summed E-state index contributed by atoms with van der Waals surface area (Å²) in [5.74, 6) is -5.88. The molecule has 0 rings (SSSR count). The molecule has 0 heterocycles. The predicted molar refractivity (Wildman–Crippen MR) is 123 cm³/mol. The molecule has 4 atom stereocenters. The number of carbonyl (C=O) groups is 6. The summed E-state index contributed by atoms with van der Waals surface area (Å²) >= 11 is 4.01. The van der Waals surface area contributed by atoms with E-state index in [4.69, 9.17) is 22.3 Å². The van der Waals surface area contributed by atoms with Gasteiger partial charge in [0.05, 0.1) is 6.04 Å². The number of primary amides is 1. The Morgan fingerprint density at radius 3 is 1.82 bits per heavy atom. The Labute approximate surface area is 202 Å². The highest BCUT2D eigenvalue weighted by molar-refractivity contribution is 7.80. The Hall–Kier alpha value is -2.91. The summed E-state index contributed by atoms with van der Waals surface area (Å²) < 4.78 is 0. The van der Waals surface area contributed by atoms with Crippen molar-refractivity contribution in [1.29, 1.82) is 0 Å². The molecule has 4 unspecified atom stereocenters. The number of unbranched alkanes of at least 4 members (excludes halogenated alkanes) is 1. The minimum Gasteiger partial charge on any atom is -0.481 e. The first-order valence-electron chi connectivity index (χ1n) is 10.6. The maximum atomic E-state index is 12.7. The minimum atomic E-state index is -1.36. The van der Waals surface area contributed by atoms with Crippen LogP contribution in [0.15, 0.2) is 0 Å². The smallest absolute Gasteiger partial charge is 0.326 e. The molecule has 0 aliphatic rings. The highest BCUT2D eigenvalue weighted by Gasteiger charge is 2.30. The summed E-state index contributed by atoms with van der Waals surface area (Å²) in [7, 11) is 0. The number of nitrogens with one attached hydrogen (secondary N) is 3. The number of thiol groups is 1. The molecule has 34 heavy (non-hydrogen) atoms. The number of amides is 4. The lowest BCUT2D eigenvalue weighted by Gasteiger charge is -2.24. The maximum absolute atomic E-state index is 12.7. The summed E-state index contributed by atoms with van der Waals surface area (Å²) in [4.78, 5) is 70.7. The first kappa shape index (κ1) is 31.1. The fourth-order valence-corrected chi connectivity index (χ4v) is 2.99. The second kappa shape index (κ2) is 16.7. The molecule has 0 saturated heterocycles. The Morgan fingerprint density at radius 2 is 1.32 bits per heavy atom. The van der Waals surface area contributed by atoms with Crippen molar-refractivity contribution in [2.75, 3.05) is 12.3 Å². The SMILES string of the molecule is NCCCCC(NC(=O)C(CS)NC(=O)C(CCC(=O)O)NC(=O)C(N)CCC(N)=O)C(=O)O. The molecule has 0 radical (unpaired) electrons. The zero-order valence-corrected chi connectivity index (χ0v) is 19.6. The van der Waals surface area contributed by atoms with Crippen LogP contribution in [0.4, 0.5) is 0 Å². The molecule has 0 fully saturated rings. The molecule has 0 aromatic carbocycles. The molecule has 0 aromatic heterocycles. The van der Waals surface area contributed by atoms with Gasteiger partial charge in [-0.2, -0.15) is 12.6 Å². The summed E-state index contributed by atoms with van der Waals surface area (Å²) in [6, 6.07) is -5.01. The number of carbonyl (C=O) groups excluding carboxylic acids is 4. The average Bonchev–Trinajstić information content (AvgIpc) is 2.76. The van der Waals surface area contributed by atoms with E-state index in [-0.39, 0.29) is 31.4 Å². The van der Waals surface area contributed by atoms with Crippen LogP contribution in [0.2, 0.25) is 0 Å². The van der Waals surface area contributed by atoms with Crippen LogP contribution in [0.5, 0.6) is 0 Å². The fourth-order valence-electron chi connectivity index (χ4n) is 2.73. The molecule has 15 heteroatoms. The van der Waals surface area contributed by atoms with E-state index >= 15 is 0 Å². The Balaban J connectivity index is 5.24. The monoisotopic (exact) mass is 506 g/mol. The van der Waals surface area contributed by atoms with Crippen molar-refractivity contribution in [3.8, 4) is 0 Å². The van der Waals surface area contributed by atoms with Gasteiger partial charge in [0, 0.05) is 18.6 Å². The molecule has 0 aliphatic heterocycles. The minimum absolute atomic E-state index is 0.0865. The van der Waals surface area contributed by atoms with Gasteiger partial charge in [-0.25, -0.2) is 4.79 Å². The van der Waals surface area contributed by atoms with Crippen molar-refractivity contribution in [3.05, 3.63) is 0 Å². The van der Waals surface area contributed by atoms with Crippen LogP contribution in [-0.2, 0) is 28.8 Å². The van der Waals surface area contributed by atoms with Crippen LogP contribution in [0, 0.1) is 0 Å². The van der Waals surface area contributed by atoms with Gasteiger partial charge < -0.3 is 43.4 Å². The van der Waals surface area contributed by atoms with Crippen molar-refractivity contribution >= 4 is 48.2 Å². The van der Waals surface area contributed by atoms with Gasteiger partial charge >= 0.3 is 11.9 Å². The Bertz CT molecular complexity index is 738. The number of aliphatic carboxylic acids is 2. The van der Waals surface area contributed by atoms with Crippen LogP contribution >= 0.6 is 12.6 Å². The number of hydrogen-bond acceptors (Lipinski definition) is 9. The summed E-state index contributed by atoms with van der Waals surface area (Å²) in [5.41, 5.74) is 16.1. The molecule has 0 aliphatic carbocycles. The highest BCUT2D eigenvalue weighted by Crippen LogP contribution is 2.05. The van der Waals surface area contributed by atoms with Gasteiger partial charge in [0.1, 0.15) is 18.1 Å². The van der Waals surface area contributed by atoms with Gasteiger partial charge in [0.15, 0.2) is 0 Å². The third-order valence-electron chi connectivity index (χ3n) is 4.70. The van der Waals surface area contributed by atoms with E-state index in [9.17, 15) is 33.9 Å². The number of hydrogen-bond donors (Lipinski definition) is 9. The Kier molecular flexibility index (Phi) is 15.2. The molecule has 4 amide bonds. The third-order valence-corrected chi connectivity index (χ3v) is 5.06. The number of rotatable bonds is 18. The van der Waals surface area contributed by atoms with Crippen molar-refractivity contribution in [2.24, 2.45) is 17.2 Å². The van der Waals surface area contributed by atoms with Crippen molar-refractivity contribution in [2.45, 2.75) is 69.1 Å².